The molecule has 0 fully saturated rings. The fraction of sp³-hybridized carbons (Fsp3) is 0.636. The molecule has 4 heteroatoms. The lowest BCUT2D eigenvalue weighted by atomic mass is 10.1. The van der Waals surface area contributed by atoms with Gasteiger partial charge in [0.05, 0.1) is 12.8 Å². The molecule has 0 N–H and O–H groups in total. The van der Waals surface area contributed by atoms with Gasteiger partial charge in [0.2, 0.25) is 0 Å². The van der Waals surface area contributed by atoms with Gasteiger partial charge in [-0.3, -0.25) is 0 Å². The summed E-state index contributed by atoms with van der Waals surface area (Å²) >= 11 is 0. The van der Waals surface area contributed by atoms with Crippen molar-refractivity contribution in [3.8, 4) is 0 Å². The molecule has 0 unspecified atom stereocenters. The molecule has 0 aliphatic carbocycles. The first-order valence-corrected chi connectivity index (χ1v) is 5.40. The van der Waals surface area contributed by atoms with Gasteiger partial charge in [0.1, 0.15) is 5.56 Å². The fourth-order valence-electron chi connectivity index (χ4n) is 1.36. The average molecular weight is 211 g/mol. The minimum absolute atomic E-state index is 0.342. The van der Waals surface area contributed by atoms with Crippen LogP contribution in [0.2, 0.25) is 0 Å². The van der Waals surface area contributed by atoms with Gasteiger partial charge in [0, 0.05) is 6.42 Å². The summed E-state index contributed by atoms with van der Waals surface area (Å²) in [6.07, 6.45) is 5.46. The maximum absolute atomic E-state index is 11.4. The van der Waals surface area contributed by atoms with Crippen LogP contribution < -0.4 is 0 Å². The SMILES string of the molecule is CCCCCc1oncc1C(=O)OCC. The maximum atomic E-state index is 11.4. The third-order valence-corrected chi connectivity index (χ3v) is 2.15. The molecule has 0 spiro atoms. The highest BCUT2D eigenvalue weighted by Crippen LogP contribution is 2.13. The predicted molar refractivity (Wildman–Crippen MR) is 55.7 cm³/mol. The predicted octanol–water partition coefficient (Wildman–Crippen LogP) is 2.58. The Labute approximate surface area is 89.6 Å². The van der Waals surface area contributed by atoms with Gasteiger partial charge in [-0.05, 0) is 13.3 Å². The molecule has 1 rings (SSSR count). The second kappa shape index (κ2) is 6.22. The molecule has 0 aliphatic heterocycles. The van der Waals surface area contributed by atoms with E-state index in [0.29, 0.717) is 17.9 Å². The molecule has 15 heavy (non-hydrogen) atoms. The number of hydrogen-bond acceptors (Lipinski definition) is 4. The molecular formula is C11H17NO3. The summed E-state index contributed by atoms with van der Waals surface area (Å²) in [5.41, 5.74) is 0.466. The summed E-state index contributed by atoms with van der Waals surface area (Å²) in [5, 5.41) is 3.63. The summed E-state index contributed by atoms with van der Waals surface area (Å²) < 4.78 is 9.92. The summed E-state index contributed by atoms with van der Waals surface area (Å²) in [6.45, 7) is 4.28. The summed E-state index contributed by atoms with van der Waals surface area (Å²) in [4.78, 5) is 11.4. The second-order valence-electron chi connectivity index (χ2n) is 3.34. The van der Waals surface area contributed by atoms with Crippen LogP contribution in [0.1, 0.15) is 49.2 Å². The Morgan fingerprint density at radius 1 is 1.47 bits per heavy atom. The van der Waals surface area contributed by atoms with Crippen LogP contribution in [0.25, 0.3) is 0 Å². The van der Waals surface area contributed by atoms with Gasteiger partial charge in [0.25, 0.3) is 0 Å². The van der Waals surface area contributed by atoms with E-state index in [1.807, 2.05) is 0 Å². The highest BCUT2D eigenvalue weighted by atomic mass is 16.5. The number of hydrogen-bond donors (Lipinski definition) is 0. The standard InChI is InChI=1S/C11H17NO3/c1-3-5-6-7-10-9(8-12-15-10)11(13)14-4-2/h8H,3-7H2,1-2H3. The zero-order chi connectivity index (χ0) is 11.1. The number of unbranched alkanes of at least 4 members (excludes halogenated alkanes) is 2. The van der Waals surface area contributed by atoms with Crippen molar-refractivity contribution in [1.29, 1.82) is 0 Å². The van der Waals surface area contributed by atoms with Gasteiger partial charge >= 0.3 is 5.97 Å². The van der Waals surface area contributed by atoms with Crippen molar-refractivity contribution >= 4 is 5.97 Å². The number of nitrogens with zero attached hydrogens (tertiary/aromatic N) is 1. The molecule has 4 nitrogen and oxygen atoms in total. The molecule has 1 aromatic rings. The molecular weight excluding hydrogens is 194 g/mol. The summed E-state index contributed by atoms with van der Waals surface area (Å²) in [7, 11) is 0. The summed E-state index contributed by atoms with van der Waals surface area (Å²) in [5.74, 6) is 0.298. The third kappa shape index (κ3) is 3.38. The lowest BCUT2D eigenvalue weighted by molar-refractivity contribution is 0.0523. The van der Waals surface area contributed by atoms with Crippen LogP contribution in [0, 0.1) is 0 Å². The van der Waals surface area contributed by atoms with Crippen LogP contribution in [-0.4, -0.2) is 17.7 Å². The Bertz CT molecular complexity index is 307. The minimum atomic E-state index is -0.342. The monoisotopic (exact) mass is 211 g/mol. The summed E-state index contributed by atoms with van der Waals surface area (Å²) in [6, 6.07) is 0. The molecule has 0 atom stereocenters. The van der Waals surface area contributed by atoms with E-state index in [4.69, 9.17) is 9.26 Å². The van der Waals surface area contributed by atoms with Crippen LogP contribution in [0.5, 0.6) is 0 Å². The lowest BCUT2D eigenvalue weighted by Crippen LogP contribution is -2.06. The molecule has 0 radical (unpaired) electrons. The molecule has 1 heterocycles. The molecule has 0 aromatic carbocycles. The highest BCUT2D eigenvalue weighted by Gasteiger charge is 2.16. The zero-order valence-corrected chi connectivity index (χ0v) is 9.28. The Balaban J connectivity index is 2.56. The number of aryl methyl sites for hydroxylation is 1. The molecule has 1 aromatic heterocycles. The average Bonchev–Trinajstić information content (AvgIpc) is 2.67. The van der Waals surface area contributed by atoms with Crippen LogP contribution in [0.15, 0.2) is 10.7 Å². The molecule has 84 valence electrons. The number of rotatable bonds is 6. The smallest absolute Gasteiger partial charge is 0.343 e. The van der Waals surface area contributed by atoms with Crippen molar-refractivity contribution in [3.63, 3.8) is 0 Å². The van der Waals surface area contributed by atoms with E-state index in [1.54, 1.807) is 6.92 Å². The molecule has 0 aliphatic rings. The normalized spacial score (nSPS) is 10.3. The Hall–Kier alpha value is -1.32. The van der Waals surface area contributed by atoms with E-state index in [-0.39, 0.29) is 5.97 Å². The zero-order valence-electron chi connectivity index (χ0n) is 9.28. The van der Waals surface area contributed by atoms with Crippen LogP contribution in [0.4, 0.5) is 0 Å². The van der Waals surface area contributed by atoms with Crippen LogP contribution >= 0.6 is 0 Å². The van der Waals surface area contributed by atoms with Crippen molar-refractivity contribution in [2.75, 3.05) is 6.61 Å². The van der Waals surface area contributed by atoms with Gasteiger partial charge in [-0.15, -0.1) is 0 Å². The first-order chi connectivity index (χ1) is 7.29. The number of ether oxygens (including phenoxy) is 1. The van der Waals surface area contributed by atoms with E-state index in [1.165, 1.54) is 6.20 Å². The van der Waals surface area contributed by atoms with Gasteiger partial charge in [-0.25, -0.2) is 4.79 Å². The molecule has 0 saturated carbocycles. The Morgan fingerprint density at radius 3 is 2.93 bits per heavy atom. The first-order valence-electron chi connectivity index (χ1n) is 5.40. The highest BCUT2D eigenvalue weighted by molar-refractivity contribution is 5.90. The number of aromatic nitrogens is 1. The number of carbonyl (C=O) groups excluding carboxylic acids is 1. The Morgan fingerprint density at radius 2 is 2.27 bits per heavy atom. The topological polar surface area (TPSA) is 52.3 Å². The van der Waals surface area contributed by atoms with Crippen molar-refractivity contribution in [2.45, 2.75) is 39.5 Å². The molecule has 0 bridgehead atoms. The second-order valence-corrected chi connectivity index (χ2v) is 3.34. The van der Waals surface area contributed by atoms with E-state index in [2.05, 4.69) is 12.1 Å². The van der Waals surface area contributed by atoms with E-state index >= 15 is 0 Å². The minimum Gasteiger partial charge on any atom is -0.462 e. The number of carbonyl (C=O) groups is 1. The van der Waals surface area contributed by atoms with Gasteiger partial charge in [-0.1, -0.05) is 24.9 Å². The van der Waals surface area contributed by atoms with Crippen molar-refractivity contribution in [3.05, 3.63) is 17.5 Å². The number of esters is 1. The van der Waals surface area contributed by atoms with Crippen molar-refractivity contribution in [2.24, 2.45) is 0 Å². The fourth-order valence-corrected chi connectivity index (χ4v) is 1.36. The molecule has 0 saturated heterocycles. The van der Waals surface area contributed by atoms with E-state index < -0.39 is 0 Å². The van der Waals surface area contributed by atoms with Crippen LogP contribution in [-0.2, 0) is 11.2 Å². The quantitative estimate of drug-likeness (QED) is 0.536. The van der Waals surface area contributed by atoms with E-state index in [9.17, 15) is 4.79 Å². The van der Waals surface area contributed by atoms with Gasteiger partial charge in [-0.2, -0.15) is 0 Å². The van der Waals surface area contributed by atoms with Crippen LogP contribution in [0.3, 0.4) is 0 Å². The lowest BCUT2D eigenvalue weighted by Gasteiger charge is -2.00. The first kappa shape index (κ1) is 11.8. The van der Waals surface area contributed by atoms with Crippen molar-refractivity contribution in [1.82, 2.24) is 5.16 Å². The van der Waals surface area contributed by atoms with Crippen molar-refractivity contribution < 1.29 is 14.1 Å². The van der Waals surface area contributed by atoms with Gasteiger partial charge < -0.3 is 9.26 Å². The Kier molecular flexibility index (Phi) is 4.87. The van der Waals surface area contributed by atoms with E-state index in [0.717, 1.165) is 25.7 Å². The maximum Gasteiger partial charge on any atom is 0.343 e. The largest absolute Gasteiger partial charge is 0.462 e. The third-order valence-electron chi connectivity index (χ3n) is 2.15. The molecule has 0 amide bonds. The van der Waals surface area contributed by atoms with Gasteiger partial charge in [0.15, 0.2) is 5.76 Å².